The molecule has 0 amide bonds. The number of piperidine rings is 1. The van der Waals surface area contributed by atoms with Crippen LogP contribution < -0.4 is 5.32 Å². The van der Waals surface area contributed by atoms with E-state index < -0.39 is 0 Å². The highest BCUT2D eigenvalue weighted by Gasteiger charge is 2.34. The summed E-state index contributed by atoms with van der Waals surface area (Å²) in [6.45, 7) is 1.09. The molecule has 1 aromatic rings. The monoisotopic (exact) mass is 302 g/mol. The zero-order chi connectivity index (χ0) is 11.7. The van der Waals surface area contributed by atoms with Crippen LogP contribution >= 0.6 is 24.8 Å². The van der Waals surface area contributed by atoms with Gasteiger partial charge in [-0.1, -0.05) is 30.3 Å². The SMILES string of the molecule is CN(Cc1ccccc1)C1CC2CCC(C1)N2.Cl.Cl. The Morgan fingerprint density at radius 3 is 2.21 bits per heavy atom. The van der Waals surface area contributed by atoms with Crippen LogP contribution in [0.5, 0.6) is 0 Å². The molecule has 1 aromatic carbocycles. The lowest BCUT2D eigenvalue weighted by atomic mass is 9.98. The van der Waals surface area contributed by atoms with Crippen LogP contribution in [0, 0.1) is 0 Å². The average molecular weight is 303 g/mol. The van der Waals surface area contributed by atoms with Gasteiger partial charge in [0.25, 0.3) is 0 Å². The van der Waals surface area contributed by atoms with Crippen molar-refractivity contribution in [3.63, 3.8) is 0 Å². The third kappa shape index (κ3) is 4.09. The summed E-state index contributed by atoms with van der Waals surface area (Å²) in [5, 5.41) is 3.71. The highest BCUT2D eigenvalue weighted by molar-refractivity contribution is 5.85. The third-order valence-corrected chi connectivity index (χ3v) is 4.35. The zero-order valence-electron chi connectivity index (χ0n) is 11.4. The van der Waals surface area contributed by atoms with E-state index in [2.05, 4.69) is 47.6 Å². The first kappa shape index (κ1) is 16.8. The van der Waals surface area contributed by atoms with Crippen molar-refractivity contribution in [2.24, 2.45) is 0 Å². The van der Waals surface area contributed by atoms with Gasteiger partial charge in [-0.15, -0.1) is 24.8 Å². The number of nitrogens with one attached hydrogen (secondary N) is 1. The lowest BCUT2D eigenvalue weighted by Crippen LogP contribution is -2.46. The second-order valence-corrected chi connectivity index (χ2v) is 5.66. The molecule has 2 saturated heterocycles. The molecule has 2 bridgehead atoms. The fourth-order valence-electron chi connectivity index (χ4n) is 3.39. The van der Waals surface area contributed by atoms with Crippen LogP contribution in [0.1, 0.15) is 31.2 Å². The van der Waals surface area contributed by atoms with E-state index in [0.717, 1.165) is 24.7 Å². The van der Waals surface area contributed by atoms with Crippen molar-refractivity contribution >= 4 is 24.8 Å². The zero-order valence-corrected chi connectivity index (χ0v) is 13.1. The molecule has 108 valence electrons. The average Bonchev–Trinajstić information content (AvgIpc) is 2.69. The molecular weight excluding hydrogens is 279 g/mol. The van der Waals surface area contributed by atoms with Crippen LogP contribution in [0.4, 0.5) is 0 Å². The van der Waals surface area contributed by atoms with E-state index in [9.17, 15) is 0 Å². The molecular formula is C15H24Cl2N2. The lowest BCUT2D eigenvalue weighted by molar-refractivity contribution is 0.166. The second kappa shape index (κ2) is 7.49. The molecule has 0 spiro atoms. The topological polar surface area (TPSA) is 15.3 Å². The van der Waals surface area contributed by atoms with Gasteiger partial charge in [0.15, 0.2) is 0 Å². The fourth-order valence-corrected chi connectivity index (χ4v) is 3.39. The maximum Gasteiger partial charge on any atom is 0.0233 e. The minimum Gasteiger partial charge on any atom is -0.311 e. The van der Waals surface area contributed by atoms with Crippen LogP contribution in [-0.4, -0.2) is 30.1 Å². The Hall–Kier alpha value is -0.280. The van der Waals surface area contributed by atoms with E-state index in [-0.39, 0.29) is 24.8 Å². The van der Waals surface area contributed by atoms with Gasteiger partial charge >= 0.3 is 0 Å². The predicted molar refractivity (Wildman–Crippen MR) is 85.4 cm³/mol. The van der Waals surface area contributed by atoms with Gasteiger partial charge in [-0.3, -0.25) is 4.90 Å². The van der Waals surface area contributed by atoms with Crippen LogP contribution in [-0.2, 0) is 6.54 Å². The second-order valence-electron chi connectivity index (χ2n) is 5.66. The molecule has 19 heavy (non-hydrogen) atoms. The van der Waals surface area contributed by atoms with Gasteiger partial charge in [0.05, 0.1) is 0 Å². The number of fused-ring (bicyclic) bond motifs is 2. The molecule has 2 aliphatic rings. The van der Waals surface area contributed by atoms with Gasteiger partial charge in [-0.25, -0.2) is 0 Å². The smallest absolute Gasteiger partial charge is 0.0233 e. The first-order valence-electron chi connectivity index (χ1n) is 6.81. The summed E-state index contributed by atoms with van der Waals surface area (Å²) >= 11 is 0. The largest absolute Gasteiger partial charge is 0.311 e. The molecule has 3 rings (SSSR count). The van der Waals surface area contributed by atoms with Crippen LogP contribution in [0.2, 0.25) is 0 Å². The van der Waals surface area contributed by atoms with Crippen molar-refractivity contribution in [1.29, 1.82) is 0 Å². The van der Waals surface area contributed by atoms with Gasteiger partial charge < -0.3 is 5.32 Å². The lowest BCUT2D eigenvalue weighted by Gasteiger charge is -2.35. The van der Waals surface area contributed by atoms with E-state index in [1.54, 1.807) is 0 Å². The molecule has 4 heteroatoms. The Morgan fingerprint density at radius 1 is 1.05 bits per heavy atom. The molecule has 2 fully saturated rings. The minimum atomic E-state index is 0. The summed E-state index contributed by atoms with van der Waals surface area (Å²) in [6.07, 6.45) is 5.44. The standard InChI is InChI=1S/C15H22N2.2ClH/c1-17(11-12-5-3-2-4-6-12)15-9-13-7-8-14(10-15)16-13;;/h2-6,13-16H,7-11H2,1H3;2*1H. The van der Waals surface area contributed by atoms with Gasteiger partial charge in [0.1, 0.15) is 0 Å². The predicted octanol–water partition coefficient (Wildman–Crippen LogP) is 3.25. The Labute approximate surface area is 128 Å². The summed E-state index contributed by atoms with van der Waals surface area (Å²) in [5.41, 5.74) is 1.43. The summed E-state index contributed by atoms with van der Waals surface area (Å²) in [6, 6.07) is 13.2. The molecule has 2 heterocycles. The summed E-state index contributed by atoms with van der Waals surface area (Å²) in [5.74, 6) is 0. The van der Waals surface area contributed by atoms with Gasteiger partial charge in [0.2, 0.25) is 0 Å². The highest BCUT2D eigenvalue weighted by Crippen LogP contribution is 2.29. The Morgan fingerprint density at radius 2 is 1.63 bits per heavy atom. The molecule has 1 N–H and O–H groups in total. The van der Waals surface area contributed by atoms with Crippen molar-refractivity contribution in [1.82, 2.24) is 10.2 Å². The van der Waals surface area contributed by atoms with Crippen LogP contribution in [0.15, 0.2) is 30.3 Å². The number of benzene rings is 1. The Kier molecular flexibility index (Phi) is 6.61. The first-order valence-corrected chi connectivity index (χ1v) is 6.81. The van der Waals surface area contributed by atoms with E-state index in [0.29, 0.717) is 0 Å². The van der Waals surface area contributed by atoms with Crippen molar-refractivity contribution in [2.75, 3.05) is 7.05 Å². The molecule has 2 unspecified atom stereocenters. The van der Waals surface area contributed by atoms with E-state index >= 15 is 0 Å². The summed E-state index contributed by atoms with van der Waals surface area (Å²) in [4.78, 5) is 2.54. The van der Waals surface area contributed by atoms with Crippen LogP contribution in [0.25, 0.3) is 0 Å². The maximum atomic E-state index is 3.71. The molecule has 0 saturated carbocycles. The Balaban J connectivity index is 0.000000902. The number of halogens is 2. The minimum absolute atomic E-state index is 0. The maximum absolute atomic E-state index is 3.71. The molecule has 2 atom stereocenters. The third-order valence-electron chi connectivity index (χ3n) is 4.35. The normalized spacial score (nSPS) is 28.6. The number of hydrogen-bond donors (Lipinski definition) is 1. The van der Waals surface area contributed by atoms with Crippen molar-refractivity contribution in [3.05, 3.63) is 35.9 Å². The van der Waals surface area contributed by atoms with Crippen molar-refractivity contribution in [3.8, 4) is 0 Å². The number of hydrogen-bond acceptors (Lipinski definition) is 2. The molecule has 0 radical (unpaired) electrons. The van der Waals surface area contributed by atoms with E-state index in [1.165, 1.54) is 31.2 Å². The number of rotatable bonds is 3. The molecule has 0 aliphatic carbocycles. The molecule has 2 aliphatic heterocycles. The summed E-state index contributed by atoms with van der Waals surface area (Å²) in [7, 11) is 2.28. The van der Waals surface area contributed by atoms with Crippen molar-refractivity contribution in [2.45, 2.75) is 50.4 Å². The fraction of sp³-hybridized carbons (Fsp3) is 0.600. The van der Waals surface area contributed by atoms with Crippen LogP contribution in [0.3, 0.4) is 0 Å². The summed E-state index contributed by atoms with van der Waals surface area (Å²) < 4.78 is 0. The van der Waals surface area contributed by atoms with Gasteiger partial charge in [-0.2, -0.15) is 0 Å². The van der Waals surface area contributed by atoms with Crippen molar-refractivity contribution < 1.29 is 0 Å². The van der Waals surface area contributed by atoms with Gasteiger partial charge in [-0.05, 0) is 38.3 Å². The Bertz CT molecular complexity index is 360. The van der Waals surface area contributed by atoms with E-state index in [4.69, 9.17) is 0 Å². The van der Waals surface area contributed by atoms with Gasteiger partial charge in [0, 0.05) is 24.7 Å². The number of nitrogens with zero attached hydrogens (tertiary/aromatic N) is 1. The quantitative estimate of drug-likeness (QED) is 0.922. The molecule has 0 aromatic heterocycles. The first-order chi connectivity index (χ1) is 8.31. The highest BCUT2D eigenvalue weighted by atomic mass is 35.5. The van der Waals surface area contributed by atoms with E-state index in [1.807, 2.05) is 0 Å². The molecule has 2 nitrogen and oxygen atoms in total.